The number of rotatable bonds is 4. The van der Waals surface area contributed by atoms with Gasteiger partial charge in [-0.05, 0) is 49.9 Å². The number of urea groups is 1. The molecule has 4 heteroatoms. The molecule has 0 spiro atoms. The van der Waals surface area contributed by atoms with E-state index in [2.05, 4.69) is 36.2 Å². The number of amides is 2. The van der Waals surface area contributed by atoms with Gasteiger partial charge in [-0.2, -0.15) is 0 Å². The number of hydrogen-bond acceptors (Lipinski definition) is 2. The third-order valence-electron chi connectivity index (χ3n) is 4.32. The van der Waals surface area contributed by atoms with E-state index in [1.165, 1.54) is 12.0 Å². The van der Waals surface area contributed by atoms with Crippen molar-refractivity contribution in [2.24, 2.45) is 5.92 Å². The lowest BCUT2D eigenvalue weighted by Gasteiger charge is -2.35. The van der Waals surface area contributed by atoms with Crippen LogP contribution in [0.3, 0.4) is 0 Å². The van der Waals surface area contributed by atoms with E-state index in [4.69, 9.17) is 0 Å². The van der Waals surface area contributed by atoms with E-state index in [0.717, 1.165) is 49.9 Å². The molecule has 0 bridgehead atoms. The molecule has 0 unspecified atom stereocenters. The normalized spacial score (nSPS) is 16.1. The summed E-state index contributed by atoms with van der Waals surface area (Å²) in [6.07, 6.45) is 1.23. The summed E-state index contributed by atoms with van der Waals surface area (Å²) in [7, 11) is 0. The largest absolute Gasteiger partial charge is 0.322 e. The van der Waals surface area contributed by atoms with E-state index in [1.54, 1.807) is 0 Å². The van der Waals surface area contributed by atoms with Crippen molar-refractivity contribution in [1.82, 2.24) is 9.80 Å². The van der Waals surface area contributed by atoms with E-state index >= 15 is 0 Å². The molecule has 4 nitrogen and oxygen atoms in total. The molecule has 1 aromatic carbocycles. The van der Waals surface area contributed by atoms with Gasteiger partial charge in [0.05, 0.1) is 0 Å². The van der Waals surface area contributed by atoms with Crippen LogP contribution < -0.4 is 5.32 Å². The van der Waals surface area contributed by atoms with Gasteiger partial charge in [0.15, 0.2) is 0 Å². The Kier molecular flexibility index (Phi) is 5.83. The van der Waals surface area contributed by atoms with Gasteiger partial charge in [-0.25, -0.2) is 4.79 Å². The molecule has 1 fully saturated rings. The summed E-state index contributed by atoms with van der Waals surface area (Å²) < 4.78 is 0. The Morgan fingerprint density at radius 2 is 1.86 bits per heavy atom. The third kappa shape index (κ3) is 4.73. The first kappa shape index (κ1) is 16.8. The monoisotopic (exact) mass is 303 g/mol. The molecule has 1 aliphatic heterocycles. The van der Waals surface area contributed by atoms with Gasteiger partial charge < -0.3 is 10.2 Å². The molecule has 122 valence electrons. The Balaban J connectivity index is 1.83. The number of hydrogen-bond donors (Lipinski definition) is 1. The van der Waals surface area contributed by atoms with Gasteiger partial charge in [0.1, 0.15) is 0 Å². The van der Waals surface area contributed by atoms with Gasteiger partial charge in [-0.15, -0.1) is 0 Å². The minimum Gasteiger partial charge on any atom is -0.322 e. The van der Waals surface area contributed by atoms with E-state index in [-0.39, 0.29) is 6.03 Å². The number of carbonyl (C=O) groups is 1. The van der Waals surface area contributed by atoms with Crippen molar-refractivity contribution >= 4 is 11.7 Å². The summed E-state index contributed by atoms with van der Waals surface area (Å²) in [4.78, 5) is 16.8. The number of nitrogens with zero attached hydrogens (tertiary/aromatic N) is 2. The fourth-order valence-corrected chi connectivity index (χ4v) is 2.68. The van der Waals surface area contributed by atoms with Crippen molar-refractivity contribution in [2.45, 2.75) is 34.1 Å². The van der Waals surface area contributed by atoms with E-state index in [1.807, 2.05) is 24.8 Å². The van der Waals surface area contributed by atoms with Crippen molar-refractivity contribution in [3.8, 4) is 0 Å². The molecule has 0 radical (unpaired) electrons. The highest BCUT2D eigenvalue weighted by Crippen LogP contribution is 2.17. The molecule has 2 rings (SSSR count). The van der Waals surface area contributed by atoms with Crippen molar-refractivity contribution < 1.29 is 4.79 Å². The van der Waals surface area contributed by atoms with Gasteiger partial charge in [0.2, 0.25) is 0 Å². The zero-order valence-corrected chi connectivity index (χ0v) is 14.4. The topological polar surface area (TPSA) is 35.6 Å². The van der Waals surface area contributed by atoms with E-state index in [9.17, 15) is 4.79 Å². The van der Waals surface area contributed by atoms with Crippen LogP contribution in [0.4, 0.5) is 10.5 Å². The Morgan fingerprint density at radius 3 is 2.50 bits per heavy atom. The van der Waals surface area contributed by atoms with Gasteiger partial charge in [0.25, 0.3) is 0 Å². The maximum absolute atomic E-state index is 12.4. The van der Waals surface area contributed by atoms with Crippen molar-refractivity contribution in [2.75, 3.05) is 38.0 Å². The van der Waals surface area contributed by atoms with Gasteiger partial charge in [-0.3, -0.25) is 4.90 Å². The first-order chi connectivity index (χ1) is 10.5. The molecule has 1 heterocycles. The molecule has 1 N–H and O–H groups in total. The number of benzene rings is 1. The molecule has 0 atom stereocenters. The molecule has 1 aliphatic rings. The number of anilines is 1. The lowest BCUT2D eigenvalue weighted by atomic mass is 10.1. The summed E-state index contributed by atoms with van der Waals surface area (Å²) in [5, 5.41) is 3.05. The Morgan fingerprint density at radius 1 is 1.18 bits per heavy atom. The van der Waals surface area contributed by atoms with Crippen LogP contribution in [-0.4, -0.2) is 48.6 Å². The molecule has 22 heavy (non-hydrogen) atoms. The Hall–Kier alpha value is -1.55. The van der Waals surface area contributed by atoms with Gasteiger partial charge in [0, 0.05) is 31.9 Å². The van der Waals surface area contributed by atoms with E-state index in [0.29, 0.717) is 0 Å². The number of carbonyl (C=O) groups excluding carboxylic acids is 1. The Bertz CT molecular complexity index is 505. The average molecular weight is 303 g/mol. The first-order valence-corrected chi connectivity index (χ1v) is 8.31. The minimum atomic E-state index is 0.0252. The molecule has 1 aromatic rings. The highest BCUT2D eigenvalue weighted by Gasteiger charge is 2.21. The standard InChI is InChI=1S/C18H29N3O/c1-14(2)7-8-20-9-11-21(12-10-20)18(22)19-17-13-15(3)5-6-16(17)4/h5-6,13-14H,7-12H2,1-4H3,(H,19,22). The maximum atomic E-state index is 12.4. The molecule has 2 amide bonds. The average Bonchev–Trinajstić information content (AvgIpc) is 2.49. The molecular weight excluding hydrogens is 274 g/mol. The molecular formula is C18H29N3O. The summed E-state index contributed by atoms with van der Waals surface area (Å²) in [6, 6.07) is 6.18. The second-order valence-corrected chi connectivity index (χ2v) is 6.76. The lowest BCUT2D eigenvalue weighted by Crippen LogP contribution is -2.50. The van der Waals surface area contributed by atoms with Crippen molar-refractivity contribution in [3.63, 3.8) is 0 Å². The smallest absolute Gasteiger partial charge is 0.321 e. The van der Waals surface area contributed by atoms with Crippen LogP contribution in [0, 0.1) is 19.8 Å². The zero-order valence-electron chi connectivity index (χ0n) is 14.4. The van der Waals surface area contributed by atoms with Crippen LogP contribution in [0.25, 0.3) is 0 Å². The van der Waals surface area contributed by atoms with Crippen LogP contribution in [0.15, 0.2) is 18.2 Å². The minimum absolute atomic E-state index is 0.0252. The molecule has 1 saturated heterocycles. The SMILES string of the molecule is Cc1ccc(C)c(NC(=O)N2CCN(CCC(C)C)CC2)c1. The van der Waals surface area contributed by atoms with Gasteiger partial charge in [-0.1, -0.05) is 26.0 Å². The van der Waals surface area contributed by atoms with Gasteiger partial charge >= 0.3 is 6.03 Å². The highest BCUT2D eigenvalue weighted by molar-refractivity contribution is 5.90. The second-order valence-electron chi connectivity index (χ2n) is 6.76. The first-order valence-electron chi connectivity index (χ1n) is 8.31. The molecule has 0 aliphatic carbocycles. The quantitative estimate of drug-likeness (QED) is 0.924. The number of aryl methyl sites for hydroxylation is 2. The van der Waals surface area contributed by atoms with Crippen LogP contribution in [0.2, 0.25) is 0 Å². The van der Waals surface area contributed by atoms with Crippen molar-refractivity contribution in [3.05, 3.63) is 29.3 Å². The second kappa shape index (κ2) is 7.63. The summed E-state index contributed by atoms with van der Waals surface area (Å²) >= 11 is 0. The predicted molar refractivity (Wildman–Crippen MR) is 92.4 cm³/mol. The maximum Gasteiger partial charge on any atom is 0.321 e. The Labute approximate surface area is 134 Å². The summed E-state index contributed by atoms with van der Waals surface area (Å²) in [5.74, 6) is 0.741. The highest BCUT2D eigenvalue weighted by atomic mass is 16.2. The zero-order chi connectivity index (χ0) is 16.1. The lowest BCUT2D eigenvalue weighted by molar-refractivity contribution is 0.143. The number of nitrogens with one attached hydrogen (secondary N) is 1. The predicted octanol–water partition coefficient (Wildman–Crippen LogP) is 3.50. The van der Waals surface area contributed by atoms with Crippen LogP contribution >= 0.6 is 0 Å². The van der Waals surface area contributed by atoms with Crippen LogP contribution in [0.1, 0.15) is 31.4 Å². The van der Waals surface area contributed by atoms with E-state index < -0.39 is 0 Å². The van der Waals surface area contributed by atoms with Crippen molar-refractivity contribution in [1.29, 1.82) is 0 Å². The summed E-state index contributed by atoms with van der Waals surface area (Å²) in [5.41, 5.74) is 3.20. The summed E-state index contributed by atoms with van der Waals surface area (Å²) in [6.45, 7) is 13.3. The van der Waals surface area contributed by atoms with Crippen LogP contribution in [-0.2, 0) is 0 Å². The fraction of sp³-hybridized carbons (Fsp3) is 0.611. The van der Waals surface area contributed by atoms with Crippen LogP contribution in [0.5, 0.6) is 0 Å². The molecule has 0 aromatic heterocycles. The number of piperazine rings is 1. The fourth-order valence-electron chi connectivity index (χ4n) is 2.68. The molecule has 0 saturated carbocycles. The third-order valence-corrected chi connectivity index (χ3v) is 4.32.